The van der Waals surface area contributed by atoms with Gasteiger partial charge in [-0.25, -0.2) is 4.79 Å². The van der Waals surface area contributed by atoms with Gasteiger partial charge in [0, 0.05) is 6.54 Å². The zero-order chi connectivity index (χ0) is 17.7. The maximum Gasteiger partial charge on any atom is 0.326 e. The van der Waals surface area contributed by atoms with Crippen LogP contribution >= 0.6 is 0 Å². The zero-order valence-electron chi connectivity index (χ0n) is 13.2. The van der Waals surface area contributed by atoms with Crippen LogP contribution in [0.4, 0.5) is 4.79 Å². The molecule has 2 rings (SSSR count). The molecule has 5 amide bonds. The number of esters is 1. The Balaban J connectivity index is 1.80. The second-order valence-electron chi connectivity index (χ2n) is 5.49. The summed E-state index contributed by atoms with van der Waals surface area (Å²) in [6.45, 7) is 0.830. The van der Waals surface area contributed by atoms with Crippen LogP contribution in [0.5, 0.6) is 0 Å². The van der Waals surface area contributed by atoms with E-state index in [1.807, 2.05) is 17.5 Å². The van der Waals surface area contributed by atoms with E-state index in [1.54, 1.807) is 6.92 Å². The number of amides is 5. The van der Waals surface area contributed by atoms with Gasteiger partial charge in [0.2, 0.25) is 11.8 Å². The number of hydrogen-bond donors (Lipinski definition) is 2. The first-order chi connectivity index (χ1) is 11.4. The summed E-state index contributed by atoms with van der Waals surface area (Å²) >= 11 is 0. The van der Waals surface area contributed by atoms with Crippen LogP contribution in [0, 0.1) is 11.8 Å². The van der Waals surface area contributed by atoms with E-state index >= 15 is 0 Å². The third-order valence-corrected chi connectivity index (χ3v) is 3.84. The van der Waals surface area contributed by atoms with E-state index in [1.165, 1.54) is 0 Å². The number of nitrogens with zero attached hydrogens (tertiary/aromatic N) is 1. The number of hydrogen-bond acceptors (Lipinski definition) is 6. The number of carbonyl (C=O) groups is 5. The van der Waals surface area contributed by atoms with Gasteiger partial charge in [-0.2, -0.15) is 0 Å². The smallest absolute Gasteiger partial charge is 0.326 e. The molecular weight excluding hydrogens is 318 g/mol. The van der Waals surface area contributed by atoms with Gasteiger partial charge in [0.1, 0.15) is 6.54 Å². The number of likely N-dealkylation sites (tertiary alicyclic amines) is 1. The fraction of sp³-hybridized carbons (Fsp3) is 0.533. The second-order valence-corrected chi connectivity index (χ2v) is 5.49. The fourth-order valence-corrected chi connectivity index (χ4v) is 2.71. The minimum absolute atomic E-state index is 0.343. The van der Waals surface area contributed by atoms with Crippen LogP contribution < -0.4 is 10.6 Å². The predicted molar refractivity (Wildman–Crippen MR) is 80.2 cm³/mol. The lowest BCUT2D eigenvalue weighted by atomic mass is 9.85. The summed E-state index contributed by atoms with van der Waals surface area (Å²) < 4.78 is 4.70. The molecular formula is C15H19N3O6. The van der Waals surface area contributed by atoms with E-state index in [2.05, 4.69) is 5.32 Å². The molecule has 0 spiro atoms. The van der Waals surface area contributed by atoms with Crippen molar-refractivity contribution < 1.29 is 28.7 Å². The Morgan fingerprint density at radius 1 is 1.17 bits per heavy atom. The lowest BCUT2D eigenvalue weighted by Crippen LogP contribution is -2.42. The van der Waals surface area contributed by atoms with Crippen molar-refractivity contribution in [3.63, 3.8) is 0 Å². The Morgan fingerprint density at radius 3 is 2.29 bits per heavy atom. The standard InChI is InChI=1S/C15H19N3O6/c1-2-16-15(23)17-11(19)8-24-12(20)7-18-13(21)9-5-3-4-6-10(9)14(18)22/h3-4,9-10H,2,5-8H2,1H3,(H2,16,17,19,23)/t9-,10+. The van der Waals surface area contributed by atoms with Crippen LogP contribution in [0.1, 0.15) is 19.8 Å². The molecule has 9 heteroatoms. The Hall–Kier alpha value is -2.71. The van der Waals surface area contributed by atoms with Crippen molar-refractivity contribution in [2.75, 3.05) is 19.7 Å². The molecule has 0 unspecified atom stereocenters. The molecule has 1 aliphatic carbocycles. The monoisotopic (exact) mass is 337 g/mol. The van der Waals surface area contributed by atoms with Crippen molar-refractivity contribution in [2.45, 2.75) is 19.8 Å². The van der Waals surface area contributed by atoms with Crippen LogP contribution in [0.15, 0.2) is 12.2 Å². The maximum atomic E-state index is 12.2. The van der Waals surface area contributed by atoms with Gasteiger partial charge in [0.25, 0.3) is 5.91 Å². The van der Waals surface area contributed by atoms with Gasteiger partial charge >= 0.3 is 12.0 Å². The van der Waals surface area contributed by atoms with Crippen LogP contribution in [-0.4, -0.2) is 54.3 Å². The molecule has 2 atom stereocenters. The lowest BCUT2D eigenvalue weighted by Gasteiger charge is -2.14. The van der Waals surface area contributed by atoms with Crippen molar-refractivity contribution >= 4 is 29.7 Å². The third kappa shape index (κ3) is 3.98. The number of allylic oxidation sites excluding steroid dienone is 2. The number of imide groups is 2. The molecule has 0 aromatic heterocycles. The number of ether oxygens (including phenoxy) is 1. The first kappa shape index (κ1) is 17.6. The third-order valence-electron chi connectivity index (χ3n) is 3.84. The van der Waals surface area contributed by atoms with Crippen molar-refractivity contribution in [2.24, 2.45) is 11.8 Å². The molecule has 130 valence electrons. The van der Waals surface area contributed by atoms with Crippen molar-refractivity contribution in [3.8, 4) is 0 Å². The molecule has 0 radical (unpaired) electrons. The van der Waals surface area contributed by atoms with Crippen LogP contribution in [0.3, 0.4) is 0 Å². The maximum absolute atomic E-state index is 12.2. The lowest BCUT2D eigenvalue weighted by molar-refractivity contribution is -0.154. The topological polar surface area (TPSA) is 122 Å². The molecule has 1 fully saturated rings. The number of urea groups is 1. The molecule has 0 aromatic carbocycles. The van der Waals surface area contributed by atoms with Gasteiger partial charge in [-0.1, -0.05) is 12.2 Å². The van der Waals surface area contributed by atoms with Crippen molar-refractivity contribution in [1.82, 2.24) is 15.5 Å². The second kappa shape index (κ2) is 7.71. The van der Waals surface area contributed by atoms with Gasteiger partial charge in [0.15, 0.2) is 6.61 Å². The SMILES string of the molecule is CCNC(=O)NC(=O)COC(=O)CN1C(=O)[C@H]2CC=CC[C@H]2C1=O. The highest BCUT2D eigenvalue weighted by atomic mass is 16.5. The minimum Gasteiger partial charge on any atom is -0.454 e. The van der Waals surface area contributed by atoms with Crippen molar-refractivity contribution in [3.05, 3.63) is 12.2 Å². The van der Waals surface area contributed by atoms with E-state index in [0.717, 1.165) is 4.90 Å². The molecule has 0 aromatic rings. The molecule has 0 bridgehead atoms. The van der Waals surface area contributed by atoms with E-state index < -0.39 is 54.7 Å². The Labute approximate surface area is 138 Å². The van der Waals surface area contributed by atoms with Gasteiger partial charge in [-0.05, 0) is 19.8 Å². The summed E-state index contributed by atoms with van der Waals surface area (Å²) in [6, 6.07) is -0.694. The predicted octanol–water partition coefficient (Wildman–Crippen LogP) is -0.673. The summed E-state index contributed by atoms with van der Waals surface area (Å²) in [5.74, 6) is -3.30. The highest BCUT2D eigenvalue weighted by Gasteiger charge is 2.47. The number of carbonyl (C=O) groups excluding carboxylic acids is 5. The molecule has 24 heavy (non-hydrogen) atoms. The molecule has 2 aliphatic rings. The summed E-state index contributed by atoms with van der Waals surface area (Å²) in [7, 11) is 0. The number of rotatable bonds is 5. The molecule has 1 aliphatic heterocycles. The molecule has 2 N–H and O–H groups in total. The van der Waals surface area contributed by atoms with E-state index in [9.17, 15) is 24.0 Å². The average molecular weight is 337 g/mol. The minimum atomic E-state index is -0.880. The Morgan fingerprint density at radius 2 is 1.75 bits per heavy atom. The first-order valence-corrected chi connectivity index (χ1v) is 7.67. The van der Waals surface area contributed by atoms with Crippen LogP contribution in [0.2, 0.25) is 0 Å². The summed E-state index contributed by atoms with van der Waals surface area (Å²) in [5, 5.41) is 4.31. The van der Waals surface area contributed by atoms with Gasteiger partial charge in [0.05, 0.1) is 11.8 Å². The van der Waals surface area contributed by atoms with Crippen LogP contribution in [-0.2, 0) is 23.9 Å². The Kier molecular flexibility index (Phi) is 5.67. The average Bonchev–Trinajstić information content (AvgIpc) is 2.79. The van der Waals surface area contributed by atoms with Gasteiger partial charge in [-0.3, -0.25) is 29.4 Å². The van der Waals surface area contributed by atoms with Crippen molar-refractivity contribution in [1.29, 1.82) is 0 Å². The van der Waals surface area contributed by atoms with E-state index in [4.69, 9.17) is 4.74 Å². The zero-order valence-corrected chi connectivity index (χ0v) is 13.2. The number of nitrogens with one attached hydrogen (secondary N) is 2. The molecule has 9 nitrogen and oxygen atoms in total. The Bertz CT molecular complexity index is 574. The fourth-order valence-electron chi connectivity index (χ4n) is 2.71. The summed E-state index contributed by atoms with van der Waals surface area (Å²) in [6.07, 6.45) is 4.66. The number of fused-ring (bicyclic) bond motifs is 1. The van der Waals surface area contributed by atoms with E-state index in [0.29, 0.717) is 19.4 Å². The largest absolute Gasteiger partial charge is 0.454 e. The quantitative estimate of drug-likeness (QED) is 0.390. The highest BCUT2D eigenvalue weighted by molar-refractivity contribution is 6.07. The van der Waals surface area contributed by atoms with Crippen LogP contribution in [0.25, 0.3) is 0 Å². The summed E-state index contributed by atoms with van der Waals surface area (Å²) in [5.41, 5.74) is 0. The molecule has 1 heterocycles. The summed E-state index contributed by atoms with van der Waals surface area (Å²) in [4.78, 5) is 59.5. The highest BCUT2D eigenvalue weighted by Crippen LogP contribution is 2.34. The van der Waals surface area contributed by atoms with E-state index in [-0.39, 0.29) is 0 Å². The van der Waals surface area contributed by atoms with Gasteiger partial charge < -0.3 is 10.1 Å². The molecule has 0 saturated carbocycles. The first-order valence-electron chi connectivity index (χ1n) is 7.67. The normalized spacial score (nSPS) is 22.1. The van der Waals surface area contributed by atoms with Gasteiger partial charge in [-0.15, -0.1) is 0 Å². The molecule has 1 saturated heterocycles.